The quantitative estimate of drug-likeness (QED) is 0.506. The molecule has 3 aromatic carbocycles. The number of benzene rings is 3. The molecule has 3 rings (SSSR count). The first-order valence-corrected chi connectivity index (χ1v) is 8.57. The number of amides is 1. The molecule has 0 aliphatic rings. The molecule has 0 saturated carbocycles. The van der Waals surface area contributed by atoms with Gasteiger partial charge in [-0.1, -0.05) is 30.3 Å². The predicted octanol–water partition coefficient (Wildman–Crippen LogP) is 4.18. The smallest absolute Gasteiger partial charge is 0.274 e. The molecule has 5 nitrogen and oxygen atoms in total. The van der Waals surface area contributed by atoms with Crippen molar-refractivity contribution in [3.8, 4) is 11.8 Å². The molecular formula is C22H15F2N3O2. The van der Waals surface area contributed by atoms with Crippen molar-refractivity contribution in [3.63, 3.8) is 0 Å². The molecule has 0 fully saturated rings. The number of ether oxygens (including phenoxy) is 1. The third-order valence-electron chi connectivity index (χ3n) is 3.97. The van der Waals surface area contributed by atoms with Crippen molar-refractivity contribution in [3.05, 3.63) is 101 Å². The summed E-state index contributed by atoms with van der Waals surface area (Å²) >= 11 is 0. The number of carbonyl (C=O) groups is 1. The van der Waals surface area contributed by atoms with E-state index < -0.39 is 11.7 Å². The van der Waals surface area contributed by atoms with Gasteiger partial charge >= 0.3 is 0 Å². The number of hydrazone groups is 1. The van der Waals surface area contributed by atoms with Crippen molar-refractivity contribution in [2.24, 2.45) is 5.10 Å². The Kier molecular flexibility index (Phi) is 6.28. The van der Waals surface area contributed by atoms with Crippen LogP contribution in [-0.2, 0) is 6.61 Å². The highest BCUT2D eigenvalue weighted by Crippen LogP contribution is 2.18. The Balaban J connectivity index is 1.67. The fourth-order valence-electron chi connectivity index (χ4n) is 2.48. The van der Waals surface area contributed by atoms with Gasteiger partial charge in [-0.15, -0.1) is 0 Å². The first-order valence-electron chi connectivity index (χ1n) is 8.57. The maximum absolute atomic E-state index is 13.9. The zero-order valence-corrected chi connectivity index (χ0v) is 15.1. The molecule has 0 aromatic heterocycles. The van der Waals surface area contributed by atoms with Gasteiger partial charge in [0.15, 0.2) is 0 Å². The summed E-state index contributed by atoms with van der Waals surface area (Å²) in [4.78, 5) is 12.1. The zero-order chi connectivity index (χ0) is 20.6. The molecule has 7 heteroatoms. The van der Waals surface area contributed by atoms with Gasteiger partial charge in [0.25, 0.3) is 5.91 Å². The first kappa shape index (κ1) is 19.7. The van der Waals surface area contributed by atoms with Crippen LogP contribution in [0.3, 0.4) is 0 Å². The van der Waals surface area contributed by atoms with Gasteiger partial charge in [-0.2, -0.15) is 10.4 Å². The van der Waals surface area contributed by atoms with Crippen LogP contribution in [-0.4, -0.2) is 12.1 Å². The van der Waals surface area contributed by atoms with E-state index in [1.165, 1.54) is 24.4 Å². The Bertz CT molecular complexity index is 1110. The lowest BCUT2D eigenvalue weighted by molar-refractivity contribution is 0.0951. The van der Waals surface area contributed by atoms with Crippen LogP contribution < -0.4 is 10.2 Å². The Labute approximate surface area is 165 Å². The van der Waals surface area contributed by atoms with Crippen LogP contribution in [0.2, 0.25) is 0 Å². The maximum Gasteiger partial charge on any atom is 0.274 e. The van der Waals surface area contributed by atoms with E-state index in [4.69, 9.17) is 10.00 Å². The van der Waals surface area contributed by atoms with E-state index in [0.717, 1.165) is 6.07 Å². The molecule has 0 saturated heterocycles. The van der Waals surface area contributed by atoms with Crippen molar-refractivity contribution >= 4 is 12.1 Å². The molecule has 0 atom stereocenters. The fourth-order valence-corrected chi connectivity index (χ4v) is 2.48. The Morgan fingerprint density at radius 3 is 2.59 bits per heavy atom. The number of nitriles is 1. The van der Waals surface area contributed by atoms with Crippen LogP contribution in [0.15, 0.2) is 71.8 Å². The minimum atomic E-state index is -0.814. The first-order chi connectivity index (χ1) is 14.1. The fraction of sp³-hybridized carbons (Fsp3) is 0.0455. The van der Waals surface area contributed by atoms with Gasteiger partial charge in [-0.3, -0.25) is 4.79 Å². The summed E-state index contributed by atoms with van der Waals surface area (Å²) in [5.41, 5.74) is 3.06. The highest BCUT2D eigenvalue weighted by atomic mass is 19.1. The van der Waals surface area contributed by atoms with E-state index in [9.17, 15) is 13.6 Å². The van der Waals surface area contributed by atoms with E-state index >= 15 is 0 Å². The number of para-hydroxylation sites is 1. The summed E-state index contributed by atoms with van der Waals surface area (Å²) in [5, 5.41) is 12.6. The molecule has 0 aliphatic carbocycles. The number of hydrogen-bond acceptors (Lipinski definition) is 4. The number of halogens is 2. The largest absolute Gasteiger partial charge is 0.488 e. The average Bonchev–Trinajstić information content (AvgIpc) is 2.73. The molecule has 0 heterocycles. The van der Waals surface area contributed by atoms with Crippen molar-refractivity contribution in [2.75, 3.05) is 0 Å². The van der Waals surface area contributed by atoms with Gasteiger partial charge in [-0.05, 0) is 36.4 Å². The van der Waals surface area contributed by atoms with Gasteiger partial charge in [0.2, 0.25) is 0 Å². The molecule has 0 radical (unpaired) electrons. The summed E-state index contributed by atoms with van der Waals surface area (Å²) in [6.07, 6.45) is 1.34. The van der Waals surface area contributed by atoms with Crippen molar-refractivity contribution < 1.29 is 18.3 Å². The molecule has 3 aromatic rings. The van der Waals surface area contributed by atoms with Crippen molar-refractivity contribution in [1.29, 1.82) is 5.26 Å². The van der Waals surface area contributed by atoms with Gasteiger partial charge in [0.05, 0.1) is 23.4 Å². The van der Waals surface area contributed by atoms with E-state index in [1.807, 2.05) is 0 Å². The van der Waals surface area contributed by atoms with Crippen molar-refractivity contribution in [1.82, 2.24) is 5.43 Å². The van der Waals surface area contributed by atoms with E-state index in [2.05, 4.69) is 10.5 Å². The molecule has 29 heavy (non-hydrogen) atoms. The third kappa shape index (κ3) is 5.02. The summed E-state index contributed by atoms with van der Waals surface area (Å²) in [5.74, 6) is -1.49. The Morgan fingerprint density at radius 1 is 1.07 bits per heavy atom. The Hall–Kier alpha value is -4.05. The van der Waals surface area contributed by atoms with Crippen LogP contribution in [0.1, 0.15) is 27.0 Å². The lowest BCUT2D eigenvalue weighted by Crippen LogP contribution is -2.19. The highest BCUT2D eigenvalue weighted by Gasteiger charge is 2.11. The van der Waals surface area contributed by atoms with E-state index in [-0.39, 0.29) is 23.6 Å². The molecule has 0 spiro atoms. The summed E-state index contributed by atoms with van der Waals surface area (Å²) in [7, 11) is 0. The average molecular weight is 391 g/mol. The molecule has 0 unspecified atom stereocenters. The lowest BCUT2D eigenvalue weighted by atomic mass is 10.1. The summed E-state index contributed by atoms with van der Waals surface area (Å²) in [6, 6.07) is 18.5. The molecule has 0 aliphatic heterocycles. The van der Waals surface area contributed by atoms with Crippen LogP contribution >= 0.6 is 0 Å². The molecule has 1 amide bonds. The Morgan fingerprint density at radius 2 is 1.83 bits per heavy atom. The topological polar surface area (TPSA) is 74.5 Å². The van der Waals surface area contributed by atoms with Crippen LogP contribution in [0.25, 0.3) is 0 Å². The van der Waals surface area contributed by atoms with Crippen molar-refractivity contribution in [2.45, 2.75) is 6.61 Å². The van der Waals surface area contributed by atoms with E-state index in [1.54, 1.807) is 48.5 Å². The number of rotatable bonds is 6. The van der Waals surface area contributed by atoms with Gasteiger partial charge in [0, 0.05) is 11.1 Å². The van der Waals surface area contributed by atoms with Crippen LogP contribution in [0.4, 0.5) is 8.78 Å². The lowest BCUT2D eigenvalue weighted by Gasteiger charge is -2.09. The van der Waals surface area contributed by atoms with Crippen LogP contribution in [0, 0.1) is 23.0 Å². The van der Waals surface area contributed by atoms with Gasteiger partial charge < -0.3 is 4.74 Å². The molecule has 144 valence electrons. The molecule has 1 N–H and O–H groups in total. The predicted molar refractivity (Wildman–Crippen MR) is 103 cm³/mol. The standard InChI is InChI=1S/C22H15F2N3O2/c23-19-7-3-1-6-17(19)14-29-21-8-4-2-5-16(21)13-26-27-22(28)18-10-9-15(12-25)11-20(18)24/h1-11,13H,14H2,(H,27,28)/b26-13+. The third-order valence-corrected chi connectivity index (χ3v) is 3.97. The number of carbonyl (C=O) groups excluding carboxylic acids is 1. The number of hydrogen-bond donors (Lipinski definition) is 1. The normalized spacial score (nSPS) is 10.5. The van der Waals surface area contributed by atoms with Gasteiger partial charge in [-0.25, -0.2) is 14.2 Å². The maximum atomic E-state index is 13.9. The molecular weight excluding hydrogens is 376 g/mol. The SMILES string of the molecule is N#Cc1ccc(C(=O)N/N=C/c2ccccc2OCc2ccccc2F)c(F)c1. The summed E-state index contributed by atoms with van der Waals surface area (Å²) < 4.78 is 33.3. The monoisotopic (exact) mass is 391 g/mol. The molecule has 0 bridgehead atoms. The second kappa shape index (κ2) is 9.24. The number of nitrogens with one attached hydrogen (secondary N) is 1. The minimum Gasteiger partial charge on any atom is -0.488 e. The zero-order valence-electron chi connectivity index (χ0n) is 15.1. The van der Waals surface area contributed by atoms with Gasteiger partial charge in [0.1, 0.15) is 24.0 Å². The second-order valence-electron chi connectivity index (χ2n) is 5.92. The summed E-state index contributed by atoms with van der Waals surface area (Å²) in [6.45, 7) is 0.0281. The number of nitrogens with zero attached hydrogens (tertiary/aromatic N) is 2. The van der Waals surface area contributed by atoms with Crippen LogP contribution in [0.5, 0.6) is 5.75 Å². The minimum absolute atomic E-state index is 0.0281. The highest BCUT2D eigenvalue weighted by molar-refractivity contribution is 5.95. The second-order valence-corrected chi connectivity index (χ2v) is 5.92. The van der Waals surface area contributed by atoms with E-state index in [0.29, 0.717) is 16.9 Å².